The minimum Gasteiger partial charge on any atom is -0.370 e. The molecular formula is C26H31N5O2. The highest BCUT2D eigenvalue weighted by Gasteiger charge is 2.42. The summed E-state index contributed by atoms with van der Waals surface area (Å²) in [7, 11) is 1.97. The van der Waals surface area contributed by atoms with Gasteiger partial charge in [0.2, 0.25) is 0 Å². The highest BCUT2D eigenvalue weighted by atomic mass is 16.5. The summed E-state index contributed by atoms with van der Waals surface area (Å²) in [6.07, 6.45) is 6.87. The van der Waals surface area contributed by atoms with Crippen LogP contribution in [0.4, 0.5) is 0 Å². The maximum atomic E-state index is 13.0. The van der Waals surface area contributed by atoms with Crippen molar-refractivity contribution in [1.29, 1.82) is 0 Å². The standard InChI is InChI=1S/C26H31N5O2/c1-29-22-16-26(33-18-21(22)24(28-29)25(32)31-12-2-3-13-31)9-14-30(15-10-26)17-20-7-4-6-19-8-5-11-27-23(19)20/h4-8,11H,2-3,9-10,12-18H2,1H3. The van der Waals surface area contributed by atoms with E-state index >= 15 is 0 Å². The summed E-state index contributed by atoms with van der Waals surface area (Å²) in [5.74, 6) is 0.0717. The molecule has 7 nitrogen and oxygen atoms in total. The number of carbonyl (C=O) groups is 1. The Bertz CT molecular complexity index is 1180. The monoisotopic (exact) mass is 445 g/mol. The van der Waals surface area contributed by atoms with Crippen LogP contribution in [-0.2, 0) is 31.4 Å². The van der Waals surface area contributed by atoms with Gasteiger partial charge in [-0.1, -0.05) is 24.3 Å². The van der Waals surface area contributed by atoms with Gasteiger partial charge in [0, 0.05) is 69.0 Å². The van der Waals surface area contributed by atoms with Crippen LogP contribution < -0.4 is 0 Å². The molecule has 0 radical (unpaired) electrons. The van der Waals surface area contributed by atoms with E-state index < -0.39 is 0 Å². The number of pyridine rings is 1. The molecule has 33 heavy (non-hydrogen) atoms. The Balaban J connectivity index is 1.15. The lowest BCUT2D eigenvalue weighted by molar-refractivity contribution is -0.104. The fraction of sp³-hybridized carbons (Fsp3) is 0.500. The summed E-state index contributed by atoms with van der Waals surface area (Å²) in [6.45, 7) is 5.08. The van der Waals surface area contributed by atoms with Crippen LogP contribution in [0.1, 0.15) is 53.0 Å². The van der Waals surface area contributed by atoms with Crippen molar-refractivity contribution in [1.82, 2.24) is 24.6 Å². The van der Waals surface area contributed by atoms with Crippen molar-refractivity contribution in [2.75, 3.05) is 26.2 Å². The second-order valence-corrected chi connectivity index (χ2v) is 9.81. The van der Waals surface area contributed by atoms with Crippen LogP contribution in [0.25, 0.3) is 10.9 Å². The zero-order chi connectivity index (χ0) is 22.4. The summed E-state index contributed by atoms with van der Waals surface area (Å²) in [6, 6.07) is 10.6. The third-order valence-corrected chi connectivity index (χ3v) is 7.76. The molecule has 0 unspecified atom stereocenters. The normalized spacial score (nSPS) is 20.5. The van der Waals surface area contributed by atoms with E-state index in [-0.39, 0.29) is 11.5 Å². The number of para-hydroxylation sites is 1. The smallest absolute Gasteiger partial charge is 0.274 e. The largest absolute Gasteiger partial charge is 0.370 e. The lowest BCUT2D eigenvalue weighted by Crippen LogP contribution is -2.49. The molecule has 3 aliphatic rings. The number of aryl methyl sites for hydroxylation is 1. The second-order valence-electron chi connectivity index (χ2n) is 9.81. The molecule has 3 aliphatic heterocycles. The van der Waals surface area contributed by atoms with E-state index in [9.17, 15) is 4.79 Å². The first kappa shape index (κ1) is 20.8. The third kappa shape index (κ3) is 3.73. The minimum atomic E-state index is -0.151. The molecule has 0 aliphatic carbocycles. The fourth-order valence-corrected chi connectivity index (χ4v) is 5.77. The molecule has 1 spiro atoms. The number of ether oxygens (including phenoxy) is 1. The molecule has 2 saturated heterocycles. The summed E-state index contributed by atoms with van der Waals surface area (Å²) >= 11 is 0. The van der Waals surface area contributed by atoms with Gasteiger partial charge in [0.15, 0.2) is 5.69 Å². The molecule has 0 saturated carbocycles. The number of nitrogens with zero attached hydrogens (tertiary/aromatic N) is 5. The van der Waals surface area contributed by atoms with Crippen LogP contribution in [0, 0.1) is 0 Å². The van der Waals surface area contributed by atoms with Gasteiger partial charge in [-0.05, 0) is 37.3 Å². The number of likely N-dealkylation sites (tertiary alicyclic amines) is 2. The Morgan fingerprint density at radius 3 is 2.70 bits per heavy atom. The van der Waals surface area contributed by atoms with Gasteiger partial charge in [0.1, 0.15) is 0 Å². The van der Waals surface area contributed by atoms with Gasteiger partial charge < -0.3 is 9.64 Å². The number of hydrogen-bond donors (Lipinski definition) is 0. The summed E-state index contributed by atoms with van der Waals surface area (Å²) in [4.78, 5) is 22.1. The Hall–Kier alpha value is -2.77. The second kappa shape index (κ2) is 8.22. The third-order valence-electron chi connectivity index (χ3n) is 7.76. The van der Waals surface area contributed by atoms with E-state index in [1.165, 1.54) is 16.6 Å². The Labute approximate surface area is 194 Å². The number of rotatable bonds is 3. The van der Waals surface area contributed by atoms with Crippen LogP contribution >= 0.6 is 0 Å². The summed E-state index contributed by atoms with van der Waals surface area (Å²) in [5, 5.41) is 5.84. The van der Waals surface area contributed by atoms with Crippen molar-refractivity contribution in [3.8, 4) is 0 Å². The Kier molecular flexibility index (Phi) is 5.18. The quantitative estimate of drug-likeness (QED) is 0.619. The number of amides is 1. The Morgan fingerprint density at radius 1 is 1.09 bits per heavy atom. The van der Waals surface area contributed by atoms with Gasteiger partial charge in [0.05, 0.1) is 17.7 Å². The van der Waals surface area contributed by atoms with Crippen LogP contribution in [-0.4, -0.2) is 62.3 Å². The zero-order valence-corrected chi connectivity index (χ0v) is 19.3. The maximum Gasteiger partial charge on any atom is 0.274 e. The number of carbonyl (C=O) groups excluding carboxylic acids is 1. The molecule has 1 aromatic carbocycles. The van der Waals surface area contributed by atoms with Crippen LogP contribution in [0.5, 0.6) is 0 Å². The maximum absolute atomic E-state index is 13.0. The molecular weight excluding hydrogens is 414 g/mol. The van der Waals surface area contributed by atoms with Gasteiger partial charge in [0.25, 0.3) is 5.91 Å². The molecule has 0 atom stereocenters. The minimum absolute atomic E-state index is 0.0717. The topological polar surface area (TPSA) is 63.5 Å². The van der Waals surface area contributed by atoms with Crippen LogP contribution in [0.3, 0.4) is 0 Å². The van der Waals surface area contributed by atoms with Crippen LogP contribution in [0.15, 0.2) is 36.5 Å². The molecule has 5 heterocycles. The zero-order valence-electron chi connectivity index (χ0n) is 19.3. The summed E-state index contributed by atoms with van der Waals surface area (Å²) < 4.78 is 8.43. The van der Waals surface area contributed by atoms with Gasteiger partial charge >= 0.3 is 0 Å². The molecule has 2 aromatic heterocycles. The van der Waals surface area contributed by atoms with Crippen molar-refractivity contribution in [3.63, 3.8) is 0 Å². The van der Waals surface area contributed by atoms with E-state index in [0.29, 0.717) is 12.3 Å². The number of fused-ring (bicyclic) bond motifs is 2. The highest BCUT2D eigenvalue weighted by Crippen LogP contribution is 2.38. The van der Waals surface area contributed by atoms with Crippen molar-refractivity contribution in [2.24, 2.45) is 7.05 Å². The predicted octanol–water partition coefficient (Wildman–Crippen LogP) is 3.31. The average Bonchev–Trinajstić information content (AvgIpc) is 3.49. The van der Waals surface area contributed by atoms with Crippen molar-refractivity contribution >= 4 is 16.8 Å². The molecule has 3 aromatic rings. The SMILES string of the molecule is Cn1nc(C(=O)N2CCCC2)c2c1CC1(CCN(Cc3cccc4cccnc34)CC1)OC2. The van der Waals surface area contributed by atoms with E-state index in [4.69, 9.17) is 4.74 Å². The average molecular weight is 446 g/mol. The molecule has 0 N–H and O–H groups in total. The molecule has 172 valence electrons. The molecule has 7 heteroatoms. The van der Waals surface area contributed by atoms with Crippen molar-refractivity contribution in [2.45, 2.75) is 50.9 Å². The predicted molar refractivity (Wildman–Crippen MR) is 126 cm³/mol. The first-order valence-electron chi connectivity index (χ1n) is 12.1. The lowest BCUT2D eigenvalue weighted by Gasteiger charge is -2.44. The van der Waals surface area contributed by atoms with Gasteiger partial charge in [-0.15, -0.1) is 0 Å². The number of aromatic nitrogens is 3. The first-order valence-corrected chi connectivity index (χ1v) is 12.1. The van der Waals surface area contributed by atoms with E-state index in [2.05, 4.69) is 39.2 Å². The molecule has 6 rings (SSSR count). The highest BCUT2D eigenvalue weighted by molar-refractivity contribution is 5.94. The van der Waals surface area contributed by atoms with Crippen molar-refractivity contribution in [3.05, 3.63) is 59.0 Å². The lowest BCUT2D eigenvalue weighted by atomic mass is 9.83. The molecule has 2 fully saturated rings. The fourth-order valence-electron chi connectivity index (χ4n) is 5.77. The molecule has 1 amide bonds. The van der Waals surface area contributed by atoms with E-state index in [1.54, 1.807) is 0 Å². The van der Waals surface area contributed by atoms with E-state index in [1.807, 2.05) is 28.9 Å². The number of hydrogen-bond acceptors (Lipinski definition) is 5. The van der Waals surface area contributed by atoms with Gasteiger partial charge in [-0.2, -0.15) is 5.10 Å². The summed E-state index contributed by atoms with van der Waals surface area (Å²) in [5.41, 5.74) is 5.02. The van der Waals surface area contributed by atoms with E-state index in [0.717, 1.165) is 75.9 Å². The van der Waals surface area contributed by atoms with Gasteiger partial charge in [-0.25, -0.2) is 0 Å². The number of benzene rings is 1. The number of piperidine rings is 1. The molecule has 0 bridgehead atoms. The Morgan fingerprint density at radius 2 is 1.88 bits per heavy atom. The van der Waals surface area contributed by atoms with Gasteiger partial charge in [-0.3, -0.25) is 19.4 Å². The first-order chi connectivity index (χ1) is 16.1. The van der Waals surface area contributed by atoms with Crippen LogP contribution in [0.2, 0.25) is 0 Å². The van der Waals surface area contributed by atoms with Crippen molar-refractivity contribution < 1.29 is 9.53 Å².